The van der Waals surface area contributed by atoms with Gasteiger partial charge in [-0.3, -0.25) is 4.79 Å². The van der Waals surface area contributed by atoms with Gasteiger partial charge in [0.2, 0.25) is 5.91 Å². The number of piperazine rings is 1. The zero-order valence-electron chi connectivity index (χ0n) is 19.5. The molecule has 1 fully saturated rings. The number of anilines is 1. The van der Waals surface area contributed by atoms with Gasteiger partial charge in [0, 0.05) is 55.3 Å². The first-order valence-corrected chi connectivity index (χ1v) is 11.4. The molecule has 1 aliphatic rings. The number of carbonyl (C=O) groups is 1. The number of rotatable bonds is 5. The Kier molecular flexibility index (Phi) is 6.54. The maximum atomic E-state index is 12.5. The van der Waals surface area contributed by atoms with Crippen molar-refractivity contribution in [2.75, 3.05) is 31.1 Å². The summed E-state index contributed by atoms with van der Waals surface area (Å²) in [6.07, 6.45) is 0.800. The molecule has 166 valence electrons. The third-order valence-corrected chi connectivity index (χ3v) is 6.24. The first-order chi connectivity index (χ1) is 15.4. The molecule has 1 saturated heterocycles. The fraction of sp³-hybridized carbons (Fsp3) is 0.370. The van der Waals surface area contributed by atoms with Crippen LogP contribution in [0, 0.1) is 19.8 Å². The first kappa shape index (κ1) is 22.0. The van der Waals surface area contributed by atoms with E-state index in [1.54, 1.807) is 0 Å². The van der Waals surface area contributed by atoms with Crippen LogP contribution in [0.25, 0.3) is 11.4 Å². The van der Waals surface area contributed by atoms with Crippen LogP contribution in [0.15, 0.2) is 54.6 Å². The van der Waals surface area contributed by atoms with Crippen molar-refractivity contribution < 1.29 is 4.79 Å². The third kappa shape index (κ3) is 4.67. The van der Waals surface area contributed by atoms with Gasteiger partial charge in [0.1, 0.15) is 5.82 Å². The van der Waals surface area contributed by atoms with E-state index in [9.17, 15) is 4.79 Å². The molecule has 2 heterocycles. The number of nitrogens with zero attached hydrogens (tertiary/aromatic N) is 4. The van der Waals surface area contributed by atoms with Crippen molar-refractivity contribution >= 4 is 11.7 Å². The van der Waals surface area contributed by atoms with Crippen molar-refractivity contribution in [2.45, 2.75) is 34.1 Å². The fourth-order valence-corrected chi connectivity index (χ4v) is 4.27. The number of amides is 1. The van der Waals surface area contributed by atoms with Gasteiger partial charge in [0.25, 0.3) is 0 Å². The molecule has 0 aliphatic carbocycles. The van der Waals surface area contributed by atoms with Crippen LogP contribution in [0.2, 0.25) is 0 Å². The van der Waals surface area contributed by atoms with Gasteiger partial charge in [-0.05, 0) is 25.0 Å². The SMILES string of the molecule is Cc1ccccc1Cc1c(C)nc(-c2ccccc2)nc1N1CCN(C(=O)C(C)C)CC1. The van der Waals surface area contributed by atoms with E-state index in [0.29, 0.717) is 0 Å². The Morgan fingerprint density at radius 2 is 1.56 bits per heavy atom. The van der Waals surface area contributed by atoms with E-state index in [-0.39, 0.29) is 11.8 Å². The zero-order valence-corrected chi connectivity index (χ0v) is 19.5. The predicted molar refractivity (Wildman–Crippen MR) is 130 cm³/mol. The molecule has 0 saturated carbocycles. The van der Waals surface area contributed by atoms with E-state index in [0.717, 1.165) is 55.5 Å². The number of hydrogen-bond acceptors (Lipinski definition) is 4. The predicted octanol–water partition coefficient (Wildman–Crippen LogP) is 4.66. The Hall–Kier alpha value is -3.21. The molecule has 0 atom stereocenters. The Morgan fingerprint density at radius 1 is 0.906 bits per heavy atom. The van der Waals surface area contributed by atoms with E-state index in [1.807, 2.05) is 36.9 Å². The molecule has 5 nitrogen and oxygen atoms in total. The summed E-state index contributed by atoms with van der Waals surface area (Å²) in [7, 11) is 0. The van der Waals surface area contributed by atoms with Gasteiger partial charge in [0.15, 0.2) is 5.82 Å². The molecule has 0 spiro atoms. The van der Waals surface area contributed by atoms with Gasteiger partial charge in [-0.2, -0.15) is 0 Å². The number of hydrogen-bond donors (Lipinski definition) is 0. The second-order valence-corrected chi connectivity index (χ2v) is 8.87. The zero-order chi connectivity index (χ0) is 22.7. The number of aryl methyl sites for hydroxylation is 2. The lowest BCUT2D eigenvalue weighted by Crippen LogP contribution is -2.50. The first-order valence-electron chi connectivity index (χ1n) is 11.4. The highest BCUT2D eigenvalue weighted by molar-refractivity contribution is 5.78. The van der Waals surface area contributed by atoms with Crippen LogP contribution in [0.3, 0.4) is 0 Å². The molecule has 32 heavy (non-hydrogen) atoms. The Labute approximate surface area is 191 Å². The van der Waals surface area contributed by atoms with Crippen LogP contribution in [0.1, 0.15) is 36.2 Å². The quantitative estimate of drug-likeness (QED) is 0.593. The average molecular weight is 429 g/mol. The smallest absolute Gasteiger partial charge is 0.225 e. The van der Waals surface area contributed by atoms with Gasteiger partial charge in [-0.25, -0.2) is 9.97 Å². The van der Waals surface area contributed by atoms with Crippen LogP contribution in [0.5, 0.6) is 0 Å². The molecular weight excluding hydrogens is 396 g/mol. The summed E-state index contributed by atoms with van der Waals surface area (Å²) in [5.74, 6) is 2.02. The van der Waals surface area contributed by atoms with Crippen molar-refractivity contribution in [3.05, 3.63) is 77.0 Å². The maximum absolute atomic E-state index is 12.5. The van der Waals surface area contributed by atoms with E-state index in [2.05, 4.69) is 55.1 Å². The molecule has 1 aromatic heterocycles. The number of benzene rings is 2. The molecule has 0 unspecified atom stereocenters. The molecule has 2 aromatic carbocycles. The van der Waals surface area contributed by atoms with Crippen molar-refractivity contribution in [3.8, 4) is 11.4 Å². The van der Waals surface area contributed by atoms with E-state index >= 15 is 0 Å². The van der Waals surface area contributed by atoms with E-state index < -0.39 is 0 Å². The molecular formula is C27H32N4O. The molecule has 4 rings (SSSR count). The molecule has 5 heteroatoms. The van der Waals surface area contributed by atoms with Gasteiger partial charge in [0.05, 0.1) is 0 Å². The van der Waals surface area contributed by atoms with E-state index in [1.165, 1.54) is 16.7 Å². The van der Waals surface area contributed by atoms with Crippen LogP contribution >= 0.6 is 0 Å². The van der Waals surface area contributed by atoms with Crippen LogP contribution in [-0.2, 0) is 11.2 Å². The Morgan fingerprint density at radius 3 is 2.22 bits per heavy atom. The lowest BCUT2D eigenvalue weighted by molar-refractivity contribution is -0.134. The van der Waals surface area contributed by atoms with Gasteiger partial charge in [-0.15, -0.1) is 0 Å². The molecule has 0 N–H and O–H groups in total. The second-order valence-electron chi connectivity index (χ2n) is 8.87. The monoisotopic (exact) mass is 428 g/mol. The highest BCUT2D eigenvalue weighted by Crippen LogP contribution is 2.29. The normalized spacial score (nSPS) is 14.2. The Bertz CT molecular complexity index is 1090. The minimum atomic E-state index is 0.0316. The van der Waals surface area contributed by atoms with Crippen LogP contribution in [-0.4, -0.2) is 47.0 Å². The highest BCUT2D eigenvalue weighted by atomic mass is 16.2. The van der Waals surface area contributed by atoms with Crippen LogP contribution < -0.4 is 4.90 Å². The second kappa shape index (κ2) is 9.51. The summed E-state index contributed by atoms with van der Waals surface area (Å²) in [4.78, 5) is 26.7. The topological polar surface area (TPSA) is 49.3 Å². The van der Waals surface area contributed by atoms with Gasteiger partial charge >= 0.3 is 0 Å². The standard InChI is InChI=1S/C27H32N4O/c1-19(2)27(32)31-16-14-30(15-17-31)26-24(18-23-13-9-8-10-20(23)3)21(4)28-25(29-26)22-11-6-5-7-12-22/h5-13,19H,14-18H2,1-4H3. The summed E-state index contributed by atoms with van der Waals surface area (Å²) in [6, 6.07) is 18.7. The maximum Gasteiger partial charge on any atom is 0.225 e. The lowest BCUT2D eigenvalue weighted by Gasteiger charge is -2.37. The number of aromatic nitrogens is 2. The molecule has 1 amide bonds. The van der Waals surface area contributed by atoms with Gasteiger partial charge < -0.3 is 9.80 Å². The fourth-order valence-electron chi connectivity index (χ4n) is 4.27. The summed E-state index contributed by atoms with van der Waals surface area (Å²) < 4.78 is 0. The highest BCUT2D eigenvalue weighted by Gasteiger charge is 2.26. The molecule has 3 aromatic rings. The number of carbonyl (C=O) groups excluding carboxylic acids is 1. The summed E-state index contributed by atoms with van der Waals surface area (Å²) in [5.41, 5.74) is 5.77. The largest absolute Gasteiger partial charge is 0.353 e. The molecule has 0 radical (unpaired) electrons. The van der Waals surface area contributed by atoms with Gasteiger partial charge in [-0.1, -0.05) is 68.4 Å². The Balaban J connectivity index is 1.70. The van der Waals surface area contributed by atoms with Crippen molar-refractivity contribution in [1.82, 2.24) is 14.9 Å². The summed E-state index contributed by atoms with van der Waals surface area (Å²) >= 11 is 0. The minimum absolute atomic E-state index is 0.0316. The van der Waals surface area contributed by atoms with Crippen molar-refractivity contribution in [3.63, 3.8) is 0 Å². The van der Waals surface area contributed by atoms with E-state index in [4.69, 9.17) is 9.97 Å². The minimum Gasteiger partial charge on any atom is -0.353 e. The molecule has 1 aliphatic heterocycles. The summed E-state index contributed by atoms with van der Waals surface area (Å²) in [6.45, 7) is 11.2. The lowest BCUT2D eigenvalue weighted by atomic mass is 9.99. The average Bonchev–Trinajstić information content (AvgIpc) is 2.81. The third-order valence-electron chi connectivity index (χ3n) is 6.24. The van der Waals surface area contributed by atoms with Crippen molar-refractivity contribution in [2.24, 2.45) is 5.92 Å². The summed E-state index contributed by atoms with van der Waals surface area (Å²) in [5, 5.41) is 0. The van der Waals surface area contributed by atoms with Crippen LogP contribution in [0.4, 0.5) is 5.82 Å². The van der Waals surface area contributed by atoms with Crippen molar-refractivity contribution in [1.29, 1.82) is 0 Å². The molecule has 0 bridgehead atoms.